The van der Waals surface area contributed by atoms with E-state index in [0.29, 0.717) is 5.41 Å². The summed E-state index contributed by atoms with van der Waals surface area (Å²) in [5, 5.41) is 3.39. The fourth-order valence-corrected chi connectivity index (χ4v) is 2.38. The molecule has 0 atom stereocenters. The summed E-state index contributed by atoms with van der Waals surface area (Å²) in [7, 11) is 2.26. The van der Waals surface area contributed by atoms with Gasteiger partial charge in [-0.25, -0.2) is 0 Å². The van der Waals surface area contributed by atoms with E-state index in [1.165, 1.54) is 45.4 Å². The van der Waals surface area contributed by atoms with Crippen molar-refractivity contribution in [2.24, 2.45) is 5.41 Å². The van der Waals surface area contributed by atoms with E-state index >= 15 is 0 Å². The van der Waals surface area contributed by atoms with E-state index in [1.54, 1.807) is 0 Å². The molecule has 0 aromatic heterocycles. The number of nitrogens with one attached hydrogen (secondary N) is 1. The van der Waals surface area contributed by atoms with Crippen molar-refractivity contribution in [2.75, 3.05) is 33.2 Å². The van der Waals surface area contributed by atoms with E-state index in [2.05, 4.69) is 17.3 Å². The van der Waals surface area contributed by atoms with Gasteiger partial charge in [0.25, 0.3) is 0 Å². The van der Waals surface area contributed by atoms with Crippen molar-refractivity contribution in [3.05, 3.63) is 0 Å². The summed E-state index contributed by atoms with van der Waals surface area (Å²) >= 11 is 0. The Hall–Kier alpha value is 0.500. The van der Waals surface area contributed by atoms with Crippen LogP contribution in [0, 0.1) is 5.41 Å². The van der Waals surface area contributed by atoms with Crippen LogP contribution in [0.2, 0.25) is 0 Å². The molecule has 0 saturated carbocycles. The van der Waals surface area contributed by atoms with Gasteiger partial charge in [-0.2, -0.15) is 0 Å². The molecule has 2 aliphatic heterocycles. The molecule has 0 aromatic carbocycles. The predicted molar refractivity (Wildman–Crippen MR) is 61.1 cm³/mol. The third kappa shape index (κ3) is 2.98. The summed E-state index contributed by atoms with van der Waals surface area (Å²) in [6, 6.07) is 0. The van der Waals surface area contributed by atoms with Crippen molar-refractivity contribution < 1.29 is 0 Å². The molecule has 2 nitrogen and oxygen atoms in total. The zero-order valence-corrected chi connectivity index (χ0v) is 9.85. The molecule has 0 amide bonds. The first-order valence-electron chi connectivity index (χ1n) is 4.70. The normalized spacial score (nSPS) is 26.5. The zero-order valence-electron chi connectivity index (χ0n) is 8.21. The maximum Gasteiger partial charge on any atom is 0.00796 e. The second-order valence-corrected chi connectivity index (χ2v) is 4.30. The lowest BCUT2D eigenvalue weighted by molar-refractivity contribution is 0.112. The number of nitrogens with zero attached hydrogens (tertiary/aromatic N) is 1. The monoisotopic (exact) mass is 226 g/mol. The third-order valence-electron chi connectivity index (χ3n) is 3.10. The minimum absolute atomic E-state index is 0. The molecule has 2 heterocycles. The van der Waals surface area contributed by atoms with Gasteiger partial charge in [0.1, 0.15) is 0 Å². The molecule has 0 aliphatic carbocycles. The zero-order chi connectivity index (χ0) is 7.73. The third-order valence-corrected chi connectivity index (χ3v) is 3.10. The van der Waals surface area contributed by atoms with Crippen LogP contribution in [0.3, 0.4) is 0 Å². The Kier molecular flexibility index (Phi) is 5.61. The van der Waals surface area contributed by atoms with Gasteiger partial charge in [0.05, 0.1) is 0 Å². The van der Waals surface area contributed by atoms with Gasteiger partial charge in [-0.15, -0.1) is 24.8 Å². The van der Waals surface area contributed by atoms with Crippen molar-refractivity contribution in [1.82, 2.24) is 10.2 Å². The lowest BCUT2D eigenvalue weighted by Crippen LogP contribution is -2.57. The standard InChI is InChI=1S/C9H18N2.2ClH/c1-11-5-3-2-4-9(8-11)6-10-7-9;;/h10H,2-8H2,1H3;2*1H. The van der Waals surface area contributed by atoms with Gasteiger partial charge in [0.2, 0.25) is 0 Å². The molecule has 0 unspecified atom stereocenters. The molecular weight excluding hydrogens is 207 g/mol. The number of halogens is 2. The van der Waals surface area contributed by atoms with E-state index in [0.717, 1.165) is 0 Å². The van der Waals surface area contributed by atoms with Crippen molar-refractivity contribution in [3.8, 4) is 0 Å². The summed E-state index contributed by atoms with van der Waals surface area (Å²) in [6.45, 7) is 5.15. The Bertz CT molecular complexity index is 149. The van der Waals surface area contributed by atoms with Crippen LogP contribution in [0.1, 0.15) is 19.3 Å². The average Bonchev–Trinajstić information content (AvgIpc) is 2.09. The van der Waals surface area contributed by atoms with Gasteiger partial charge in [-0.05, 0) is 26.4 Å². The summed E-state index contributed by atoms with van der Waals surface area (Å²) in [6.07, 6.45) is 4.29. The highest BCUT2D eigenvalue weighted by molar-refractivity contribution is 5.85. The van der Waals surface area contributed by atoms with E-state index in [-0.39, 0.29) is 24.8 Å². The molecule has 2 saturated heterocycles. The highest BCUT2D eigenvalue weighted by atomic mass is 35.5. The Morgan fingerprint density at radius 1 is 1.15 bits per heavy atom. The van der Waals surface area contributed by atoms with Crippen LogP contribution >= 0.6 is 24.8 Å². The largest absolute Gasteiger partial charge is 0.315 e. The van der Waals surface area contributed by atoms with Crippen molar-refractivity contribution in [2.45, 2.75) is 19.3 Å². The van der Waals surface area contributed by atoms with Crippen molar-refractivity contribution in [1.29, 1.82) is 0 Å². The van der Waals surface area contributed by atoms with Crippen LogP contribution in [0.5, 0.6) is 0 Å². The van der Waals surface area contributed by atoms with Gasteiger partial charge in [0, 0.05) is 25.0 Å². The van der Waals surface area contributed by atoms with Crippen LogP contribution in [-0.2, 0) is 0 Å². The first-order chi connectivity index (χ1) is 5.31. The number of hydrogen-bond acceptors (Lipinski definition) is 2. The van der Waals surface area contributed by atoms with E-state index in [9.17, 15) is 0 Å². The minimum Gasteiger partial charge on any atom is -0.315 e. The van der Waals surface area contributed by atoms with Crippen molar-refractivity contribution >= 4 is 24.8 Å². The molecule has 1 spiro atoms. The average molecular weight is 227 g/mol. The number of likely N-dealkylation sites (tertiary alicyclic amines) is 1. The number of hydrogen-bond donors (Lipinski definition) is 1. The quantitative estimate of drug-likeness (QED) is 0.675. The topological polar surface area (TPSA) is 15.3 Å². The van der Waals surface area contributed by atoms with Crippen LogP contribution in [0.25, 0.3) is 0 Å². The molecule has 4 heteroatoms. The van der Waals surface area contributed by atoms with Gasteiger partial charge < -0.3 is 10.2 Å². The first kappa shape index (κ1) is 13.5. The lowest BCUT2D eigenvalue weighted by Gasteiger charge is -2.43. The Labute approximate surface area is 93.3 Å². The first-order valence-corrected chi connectivity index (χ1v) is 4.70. The molecule has 2 rings (SSSR count). The van der Waals surface area contributed by atoms with Gasteiger partial charge >= 0.3 is 0 Å². The van der Waals surface area contributed by atoms with E-state index in [1.807, 2.05) is 0 Å². The molecule has 0 bridgehead atoms. The highest BCUT2D eigenvalue weighted by Crippen LogP contribution is 2.32. The molecule has 80 valence electrons. The summed E-state index contributed by atoms with van der Waals surface area (Å²) in [5.74, 6) is 0. The fourth-order valence-electron chi connectivity index (χ4n) is 2.38. The number of rotatable bonds is 0. The van der Waals surface area contributed by atoms with Gasteiger partial charge in [-0.1, -0.05) is 6.42 Å². The summed E-state index contributed by atoms with van der Waals surface area (Å²) < 4.78 is 0. The van der Waals surface area contributed by atoms with E-state index < -0.39 is 0 Å². The Morgan fingerprint density at radius 2 is 1.85 bits per heavy atom. The maximum atomic E-state index is 3.39. The van der Waals surface area contributed by atoms with Gasteiger partial charge in [0.15, 0.2) is 0 Å². The maximum absolute atomic E-state index is 3.39. The Morgan fingerprint density at radius 3 is 2.38 bits per heavy atom. The predicted octanol–water partition coefficient (Wildman–Crippen LogP) is 1.54. The molecule has 0 radical (unpaired) electrons. The second kappa shape index (κ2) is 5.40. The molecule has 2 fully saturated rings. The van der Waals surface area contributed by atoms with Crippen LogP contribution in [-0.4, -0.2) is 38.1 Å². The fraction of sp³-hybridized carbons (Fsp3) is 1.00. The van der Waals surface area contributed by atoms with Gasteiger partial charge in [-0.3, -0.25) is 0 Å². The lowest BCUT2D eigenvalue weighted by atomic mass is 9.78. The summed E-state index contributed by atoms with van der Waals surface area (Å²) in [4.78, 5) is 2.49. The summed E-state index contributed by atoms with van der Waals surface area (Å²) in [5.41, 5.74) is 0.672. The molecule has 2 aliphatic rings. The SMILES string of the molecule is CN1CCCCC2(CNC2)C1.Cl.Cl. The minimum atomic E-state index is 0. The molecule has 0 aromatic rings. The van der Waals surface area contributed by atoms with Crippen LogP contribution in [0.4, 0.5) is 0 Å². The molecule has 13 heavy (non-hydrogen) atoms. The Balaban J connectivity index is 0.000000720. The highest BCUT2D eigenvalue weighted by Gasteiger charge is 2.38. The van der Waals surface area contributed by atoms with E-state index in [4.69, 9.17) is 0 Å². The van der Waals surface area contributed by atoms with Crippen molar-refractivity contribution in [3.63, 3.8) is 0 Å². The van der Waals surface area contributed by atoms with Crippen LogP contribution < -0.4 is 5.32 Å². The smallest absolute Gasteiger partial charge is 0.00796 e. The van der Waals surface area contributed by atoms with Crippen LogP contribution in [0.15, 0.2) is 0 Å². The molecular formula is C9H20Cl2N2. The molecule has 1 N–H and O–H groups in total. The second-order valence-electron chi connectivity index (χ2n) is 4.30.